The van der Waals surface area contributed by atoms with E-state index >= 15 is 0 Å². The summed E-state index contributed by atoms with van der Waals surface area (Å²) in [7, 11) is 0. The van der Waals surface area contributed by atoms with Gasteiger partial charge in [-0.25, -0.2) is 38.7 Å². The highest BCUT2D eigenvalue weighted by molar-refractivity contribution is 6.07. The van der Waals surface area contributed by atoms with Gasteiger partial charge < -0.3 is 33.7 Å². The largest absolute Gasteiger partial charge is 0.494 e. The minimum atomic E-state index is -1.00. The molecule has 0 unspecified atom stereocenters. The third-order valence-electron chi connectivity index (χ3n) is 9.42. The van der Waals surface area contributed by atoms with E-state index in [0.717, 1.165) is 49.0 Å². The average molecular weight is 971 g/mol. The Morgan fingerprint density at radius 2 is 1.07 bits per heavy atom. The summed E-state index contributed by atoms with van der Waals surface area (Å²) >= 11 is 0. The first kappa shape index (κ1) is 57.7. The third kappa shape index (κ3) is 22.1. The highest BCUT2D eigenvalue weighted by Gasteiger charge is 2.36. The molecule has 0 bridgehead atoms. The minimum Gasteiger partial charge on any atom is -0.494 e. The monoisotopic (exact) mass is 971 g/mol. The van der Waals surface area contributed by atoms with Crippen molar-refractivity contribution in [3.05, 3.63) is 29.8 Å². The number of hydrogen-bond donors (Lipinski definition) is 1. The summed E-state index contributed by atoms with van der Waals surface area (Å²) < 4.78 is 34.5. The fourth-order valence-electron chi connectivity index (χ4n) is 6.67. The van der Waals surface area contributed by atoms with Crippen LogP contribution in [0.4, 0.5) is 24.0 Å². The Labute approximate surface area is 410 Å². The lowest BCUT2D eigenvalue weighted by Gasteiger charge is -2.34. The molecular formula is C50H82N8O11. The van der Waals surface area contributed by atoms with Crippen LogP contribution in [0, 0.1) is 0 Å². The zero-order valence-electron chi connectivity index (χ0n) is 44.2. The van der Waals surface area contributed by atoms with Crippen molar-refractivity contribution in [3.8, 4) is 5.75 Å². The molecule has 1 N–H and O–H groups in total. The van der Waals surface area contributed by atoms with Crippen LogP contribution in [0.5, 0.6) is 5.75 Å². The predicted molar refractivity (Wildman–Crippen MR) is 266 cm³/mol. The Morgan fingerprint density at radius 3 is 1.61 bits per heavy atom. The number of rotatable bonds is 15. The number of carbonyl (C=O) groups excluding carboxylic acids is 5. The van der Waals surface area contributed by atoms with Gasteiger partial charge in [-0.3, -0.25) is 14.9 Å². The van der Waals surface area contributed by atoms with E-state index in [1.165, 1.54) is 9.80 Å². The van der Waals surface area contributed by atoms with Crippen molar-refractivity contribution >= 4 is 48.2 Å². The van der Waals surface area contributed by atoms with Crippen LogP contribution in [0.15, 0.2) is 39.2 Å². The molecule has 19 nitrogen and oxygen atoms in total. The standard InChI is InChI=1S/C50H82N8O11/c1-46(2,3)65-41(59)54-40(57(44(62)68-49(10,11)12)31-21-19-17-16-18-20-28-52-39-53-30-34-56(39)43(61)67-48(7,8)9)58(45(63)69-50(13,14)15)33-23-35-64-37-26-24-36(25-27-37)38-51-29-22-32-55(38)42(60)66-47(4,5)6/h24-27H,16-23,28-35H2,1-15H3,(H,52,53)/b54-40-. The Hall–Kier alpha value is -5.62. The van der Waals surface area contributed by atoms with Gasteiger partial charge >= 0.3 is 30.5 Å². The maximum Gasteiger partial charge on any atom is 0.437 e. The molecule has 0 aliphatic carbocycles. The molecule has 2 heterocycles. The predicted octanol–water partition coefficient (Wildman–Crippen LogP) is 10.1. The number of nitrogens with zero attached hydrogens (tertiary/aromatic N) is 7. The van der Waals surface area contributed by atoms with Crippen molar-refractivity contribution in [1.29, 1.82) is 0 Å². The van der Waals surface area contributed by atoms with Crippen molar-refractivity contribution in [2.24, 2.45) is 15.0 Å². The van der Waals surface area contributed by atoms with E-state index < -0.39 is 58.5 Å². The molecule has 0 radical (unpaired) electrons. The SMILES string of the molecule is CC(C)(C)OC(=O)/N=C(/N(CCCCCCCCNC1=NCCN1C(=O)OC(C)(C)C)C(=O)OC(C)(C)C)N(CCCOc1ccc(C2=NCCCN2C(=O)OC(C)(C)C)cc1)C(=O)OC(C)(C)C. The molecule has 69 heavy (non-hydrogen) atoms. The lowest BCUT2D eigenvalue weighted by molar-refractivity contribution is 0.0265. The Morgan fingerprint density at radius 1 is 0.580 bits per heavy atom. The van der Waals surface area contributed by atoms with Gasteiger partial charge in [0.25, 0.3) is 0 Å². The van der Waals surface area contributed by atoms with Crippen LogP contribution < -0.4 is 10.1 Å². The molecule has 19 heteroatoms. The molecule has 0 aromatic heterocycles. The summed E-state index contributed by atoms with van der Waals surface area (Å²) in [5.74, 6) is 1.29. The minimum absolute atomic E-state index is 0.0639. The number of aliphatic imine (C=N–C) groups is 3. The summed E-state index contributed by atoms with van der Waals surface area (Å²) in [4.78, 5) is 86.1. The summed E-state index contributed by atoms with van der Waals surface area (Å²) in [6.07, 6.45) is 2.16. The van der Waals surface area contributed by atoms with Gasteiger partial charge in [-0.05, 0) is 154 Å². The number of unbranched alkanes of at least 4 members (excludes halogenated alkanes) is 5. The topological polar surface area (TPSA) is 203 Å². The number of hydrogen-bond acceptors (Lipinski definition) is 14. The molecule has 0 fully saturated rings. The highest BCUT2D eigenvalue weighted by Crippen LogP contribution is 2.22. The van der Waals surface area contributed by atoms with E-state index in [0.29, 0.717) is 56.7 Å². The normalized spacial score (nSPS) is 14.9. The fourth-order valence-corrected chi connectivity index (χ4v) is 6.67. The summed E-state index contributed by atoms with van der Waals surface area (Å²) in [6.45, 7) is 29.2. The van der Waals surface area contributed by atoms with Crippen LogP contribution in [0.2, 0.25) is 0 Å². The molecule has 0 saturated heterocycles. The van der Waals surface area contributed by atoms with E-state index in [4.69, 9.17) is 28.4 Å². The molecule has 3 rings (SSSR count). The number of carbonyl (C=O) groups is 5. The number of benzene rings is 1. The van der Waals surface area contributed by atoms with Gasteiger partial charge in [-0.15, -0.1) is 4.99 Å². The number of nitrogens with one attached hydrogen (secondary N) is 1. The molecular weight excluding hydrogens is 889 g/mol. The molecule has 2 aliphatic heterocycles. The lowest BCUT2D eigenvalue weighted by Crippen LogP contribution is -2.53. The maximum absolute atomic E-state index is 14.1. The van der Waals surface area contributed by atoms with Gasteiger partial charge in [0.2, 0.25) is 11.9 Å². The zero-order valence-corrected chi connectivity index (χ0v) is 44.2. The number of guanidine groups is 2. The fraction of sp³-hybridized carbons (Fsp3) is 0.720. The lowest BCUT2D eigenvalue weighted by atomic mass is 10.1. The average Bonchev–Trinajstić information content (AvgIpc) is 3.67. The van der Waals surface area contributed by atoms with Crippen molar-refractivity contribution in [1.82, 2.24) is 24.9 Å². The summed E-state index contributed by atoms with van der Waals surface area (Å²) in [5.41, 5.74) is -3.33. The molecule has 388 valence electrons. The van der Waals surface area contributed by atoms with E-state index in [-0.39, 0.29) is 32.1 Å². The first-order valence-electron chi connectivity index (χ1n) is 24.3. The third-order valence-corrected chi connectivity index (χ3v) is 9.42. The van der Waals surface area contributed by atoms with Gasteiger partial charge in [0.15, 0.2) is 0 Å². The number of ether oxygens (including phenoxy) is 6. The quantitative estimate of drug-likeness (QED) is 0.0755. The van der Waals surface area contributed by atoms with Crippen molar-refractivity contribution < 1.29 is 52.4 Å². The van der Waals surface area contributed by atoms with Gasteiger partial charge in [0, 0.05) is 38.3 Å². The molecule has 0 saturated carbocycles. The van der Waals surface area contributed by atoms with Gasteiger partial charge in [-0.2, -0.15) is 0 Å². The van der Waals surface area contributed by atoms with Crippen LogP contribution >= 0.6 is 0 Å². The molecule has 0 atom stereocenters. The molecule has 1 aromatic rings. The van der Waals surface area contributed by atoms with Crippen LogP contribution in [-0.2, 0) is 23.7 Å². The highest BCUT2D eigenvalue weighted by atomic mass is 16.6. The van der Waals surface area contributed by atoms with Crippen LogP contribution in [-0.4, -0.2) is 148 Å². The Balaban J connectivity index is 1.76. The molecule has 1 aromatic carbocycles. The van der Waals surface area contributed by atoms with Crippen molar-refractivity contribution in [3.63, 3.8) is 0 Å². The maximum atomic E-state index is 14.1. The first-order chi connectivity index (χ1) is 31.9. The second-order valence-corrected chi connectivity index (χ2v) is 22.0. The smallest absolute Gasteiger partial charge is 0.437 e. The van der Waals surface area contributed by atoms with Crippen molar-refractivity contribution in [2.75, 3.05) is 52.4 Å². The van der Waals surface area contributed by atoms with E-state index in [1.807, 2.05) is 53.7 Å². The van der Waals surface area contributed by atoms with E-state index in [1.54, 1.807) is 79.3 Å². The summed E-state index contributed by atoms with van der Waals surface area (Å²) in [6, 6.07) is 7.19. The summed E-state index contributed by atoms with van der Waals surface area (Å²) in [5, 5.41) is 3.27. The number of amidine groups is 1. The van der Waals surface area contributed by atoms with Gasteiger partial charge in [-0.1, -0.05) is 25.7 Å². The second kappa shape index (κ2) is 25.3. The van der Waals surface area contributed by atoms with Crippen LogP contribution in [0.1, 0.15) is 161 Å². The van der Waals surface area contributed by atoms with Gasteiger partial charge in [0.1, 0.15) is 39.6 Å². The Bertz CT molecular complexity index is 1970. The van der Waals surface area contributed by atoms with Gasteiger partial charge in [0.05, 0.1) is 19.7 Å². The van der Waals surface area contributed by atoms with Crippen LogP contribution in [0.3, 0.4) is 0 Å². The molecule has 5 amide bonds. The van der Waals surface area contributed by atoms with E-state index in [2.05, 4.69) is 20.3 Å². The molecule has 0 spiro atoms. The first-order valence-corrected chi connectivity index (χ1v) is 24.3. The molecule has 2 aliphatic rings. The second-order valence-electron chi connectivity index (χ2n) is 22.0. The number of amides is 5. The Kier molecular flexibility index (Phi) is 21.2. The van der Waals surface area contributed by atoms with Crippen LogP contribution in [0.25, 0.3) is 0 Å². The van der Waals surface area contributed by atoms with E-state index in [9.17, 15) is 24.0 Å². The van der Waals surface area contributed by atoms with Crippen molar-refractivity contribution in [2.45, 2.75) is 183 Å². The zero-order chi connectivity index (χ0) is 51.8.